The van der Waals surface area contributed by atoms with E-state index in [9.17, 15) is 14.7 Å². The summed E-state index contributed by atoms with van der Waals surface area (Å²) in [7, 11) is 1.72. The van der Waals surface area contributed by atoms with Crippen LogP contribution in [-0.4, -0.2) is 41.6 Å². The minimum atomic E-state index is -0.233. The normalized spacial score (nSPS) is 12.2. The van der Waals surface area contributed by atoms with Gasteiger partial charge in [0, 0.05) is 0 Å². The molecule has 0 aromatic heterocycles. The van der Waals surface area contributed by atoms with Gasteiger partial charge in [0.25, 0.3) is 0 Å². The molecule has 0 aromatic carbocycles. The number of aliphatic hydroxyl groups is 1. The maximum atomic E-state index is 13.0. The Bertz CT molecular complexity index is 632. The number of nitrogens with zero attached hydrogens (tertiary/aromatic N) is 1. The minimum Gasteiger partial charge on any atom is -0.390 e. The number of quaternary nitrogens is 1. The van der Waals surface area contributed by atoms with E-state index in [1.807, 2.05) is 0 Å². The third-order valence-corrected chi connectivity index (χ3v) is 8.95. The maximum Gasteiger partial charge on any atom is 0.320 e. The Morgan fingerprint density at radius 2 is 0.744 bits per heavy atom. The van der Waals surface area contributed by atoms with Crippen LogP contribution in [-0.2, 0) is 9.59 Å². The van der Waals surface area contributed by atoms with Crippen molar-refractivity contribution in [2.75, 3.05) is 20.2 Å². The second-order valence-electron chi connectivity index (χ2n) is 13.1. The highest BCUT2D eigenvalue weighted by Crippen LogP contribution is 2.17. The molecule has 252 valence electrons. The van der Waals surface area contributed by atoms with Gasteiger partial charge in [0.2, 0.25) is 0 Å². The lowest BCUT2D eigenvalue weighted by Gasteiger charge is -2.28. The molecule has 0 spiro atoms. The van der Waals surface area contributed by atoms with Crippen molar-refractivity contribution in [3.63, 3.8) is 0 Å². The zero-order valence-electron chi connectivity index (χ0n) is 29.2. The molecule has 0 aliphatic heterocycles. The minimum absolute atomic E-state index is 0.0237. The van der Waals surface area contributed by atoms with Crippen LogP contribution in [0.3, 0.4) is 0 Å². The zero-order chi connectivity index (χ0) is 31.7. The first-order valence-electron chi connectivity index (χ1n) is 18.9. The van der Waals surface area contributed by atoms with E-state index < -0.39 is 0 Å². The number of aliphatic hydroxyl groups excluding tert-OH is 1. The fourth-order valence-corrected chi connectivity index (χ4v) is 5.78. The summed E-state index contributed by atoms with van der Waals surface area (Å²) in [5.41, 5.74) is 0. The summed E-state index contributed by atoms with van der Waals surface area (Å²) in [4.78, 5) is 26.0. The summed E-state index contributed by atoms with van der Waals surface area (Å²) in [6.45, 7) is 4.60. The molecular formula is C39H74NO3+. The molecule has 43 heavy (non-hydrogen) atoms. The van der Waals surface area contributed by atoms with Crippen molar-refractivity contribution >= 4 is 11.8 Å². The van der Waals surface area contributed by atoms with Gasteiger partial charge in [-0.05, 0) is 64.2 Å². The molecule has 1 N–H and O–H groups in total. The lowest BCUT2D eigenvalue weighted by Crippen LogP contribution is -2.55. The SMILES string of the molecule is CCCCCCCC/C=C\CCCCCCCC(=O)[N+](C)(CCO)C(=O)CCCCCCC/C=C\CCCCCCCC. The topological polar surface area (TPSA) is 54.4 Å². The molecule has 0 rings (SSSR count). The highest BCUT2D eigenvalue weighted by atomic mass is 16.3. The summed E-state index contributed by atoms with van der Waals surface area (Å²) in [6.07, 6.45) is 42.2. The molecule has 0 saturated carbocycles. The van der Waals surface area contributed by atoms with Gasteiger partial charge in [0.15, 0.2) is 0 Å². The zero-order valence-corrected chi connectivity index (χ0v) is 29.2. The number of likely N-dealkylation sites (N-methyl/N-ethyl adjacent to an activating group) is 1. The van der Waals surface area contributed by atoms with Crippen LogP contribution in [0.1, 0.15) is 194 Å². The number of unbranched alkanes of at least 4 members (excludes halogenated alkanes) is 22. The van der Waals surface area contributed by atoms with E-state index in [-0.39, 0.29) is 29.4 Å². The van der Waals surface area contributed by atoms with Crippen LogP contribution in [0.5, 0.6) is 0 Å². The first-order chi connectivity index (χ1) is 21.0. The second-order valence-corrected chi connectivity index (χ2v) is 13.1. The van der Waals surface area contributed by atoms with E-state index in [0.717, 1.165) is 51.4 Å². The number of rotatable bonds is 32. The Balaban J connectivity index is 3.89. The molecule has 0 aliphatic carbocycles. The molecule has 2 amide bonds. The van der Waals surface area contributed by atoms with Gasteiger partial charge in [-0.2, -0.15) is 4.48 Å². The van der Waals surface area contributed by atoms with Gasteiger partial charge >= 0.3 is 11.8 Å². The van der Waals surface area contributed by atoms with E-state index >= 15 is 0 Å². The van der Waals surface area contributed by atoms with Crippen LogP contribution in [0.25, 0.3) is 0 Å². The number of carbonyl (C=O) groups is 2. The predicted octanol–water partition coefficient (Wildman–Crippen LogP) is 11.6. The van der Waals surface area contributed by atoms with Crippen molar-refractivity contribution in [1.29, 1.82) is 0 Å². The molecule has 0 bridgehead atoms. The Morgan fingerprint density at radius 1 is 0.465 bits per heavy atom. The van der Waals surface area contributed by atoms with Gasteiger partial charge in [-0.25, -0.2) is 9.59 Å². The number of hydrogen-bond donors (Lipinski definition) is 1. The average Bonchev–Trinajstić information content (AvgIpc) is 3.00. The Kier molecular flexibility index (Phi) is 31.2. The van der Waals surface area contributed by atoms with Crippen LogP contribution in [0, 0.1) is 0 Å². The van der Waals surface area contributed by atoms with Crippen molar-refractivity contribution in [3.05, 3.63) is 24.3 Å². The maximum absolute atomic E-state index is 13.0. The third-order valence-electron chi connectivity index (χ3n) is 8.95. The van der Waals surface area contributed by atoms with Gasteiger partial charge in [0.1, 0.15) is 6.54 Å². The Labute approximate surface area is 268 Å². The molecule has 0 heterocycles. The molecule has 4 heteroatoms. The van der Waals surface area contributed by atoms with Crippen molar-refractivity contribution in [1.82, 2.24) is 0 Å². The van der Waals surface area contributed by atoms with Crippen molar-refractivity contribution in [2.45, 2.75) is 194 Å². The molecule has 0 aliphatic rings. The van der Waals surface area contributed by atoms with E-state index in [0.29, 0.717) is 12.8 Å². The quantitative estimate of drug-likeness (QED) is 0.0472. The first kappa shape index (κ1) is 41.7. The fourth-order valence-electron chi connectivity index (χ4n) is 5.78. The van der Waals surface area contributed by atoms with Crippen LogP contribution < -0.4 is 0 Å². The summed E-state index contributed by atoms with van der Waals surface area (Å²) in [6, 6.07) is 0. The average molecular weight is 605 g/mol. The summed E-state index contributed by atoms with van der Waals surface area (Å²) < 4.78 is -0.233. The van der Waals surface area contributed by atoms with E-state index in [2.05, 4.69) is 38.2 Å². The monoisotopic (exact) mass is 605 g/mol. The van der Waals surface area contributed by atoms with Crippen LogP contribution in [0.4, 0.5) is 0 Å². The number of amides is 2. The van der Waals surface area contributed by atoms with E-state index in [1.165, 1.54) is 116 Å². The lowest BCUT2D eigenvalue weighted by molar-refractivity contribution is -0.759. The molecule has 0 fully saturated rings. The molecule has 0 unspecified atom stereocenters. The summed E-state index contributed by atoms with van der Waals surface area (Å²) >= 11 is 0. The van der Waals surface area contributed by atoms with Gasteiger partial charge in [-0.3, -0.25) is 0 Å². The van der Waals surface area contributed by atoms with Crippen molar-refractivity contribution < 1.29 is 19.2 Å². The molecule has 0 aromatic rings. The number of allylic oxidation sites excluding steroid dienone is 4. The fraction of sp³-hybridized carbons (Fsp3) is 0.846. The highest BCUT2D eigenvalue weighted by Gasteiger charge is 2.38. The van der Waals surface area contributed by atoms with Gasteiger partial charge in [-0.15, -0.1) is 0 Å². The summed E-state index contributed by atoms with van der Waals surface area (Å²) in [5, 5.41) is 9.58. The molecule has 0 atom stereocenters. The third kappa shape index (κ3) is 25.7. The molecule has 0 saturated heterocycles. The lowest BCUT2D eigenvalue weighted by atomic mass is 10.1. The van der Waals surface area contributed by atoms with Crippen molar-refractivity contribution in [3.8, 4) is 0 Å². The molecule has 4 nitrogen and oxygen atoms in total. The van der Waals surface area contributed by atoms with Gasteiger partial charge in [-0.1, -0.05) is 141 Å². The van der Waals surface area contributed by atoms with Crippen LogP contribution in [0.2, 0.25) is 0 Å². The predicted molar refractivity (Wildman–Crippen MR) is 187 cm³/mol. The Morgan fingerprint density at radius 3 is 1.05 bits per heavy atom. The second kappa shape index (κ2) is 32.1. The van der Waals surface area contributed by atoms with E-state index in [1.54, 1.807) is 7.05 Å². The Hall–Kier alpha value is -1.26. The van der Waals surface area contributed by atoms with Crippen LogP contribution >= 0.6 is 0 Å². The van der Waals surface area contributed by atoms with Crippen LogP contribution in [0.15, 0.2) is 24.3 Å². The van der Waals surface area contributed by atoms with Gasteiger partial charge < -0.3 is 5.11 Å². The first-order valence-corrected chi connectivity index (χ1v) is 18.9. The molecule has 0 radical (unpaired) electrons. The molecular weight excluding hydrogens is 530 g/mol. The standard InChI is InChI=1S/C39H74NO3/c1-4-6-8-10-12-14-16-18-20-22-24-26-28-30-32-34-38(42)40(3,36-37-41)39(43)35-33-31-29-27-25-23-21-19-17-15-13-11-9-7-5-2/h18-21,41H,4-17,22-37H2,1-3H3/q+1/b20-18-,21-19-. The smallest absolute Gasteiger partial charge is 0.320 e. The highest BCUT2D eigenvalue weighted by molar-refractivity contribution is 5.84. The van der Waals surface area contributed by atoms with E-state index in [4.69, 9.17) is 0 Å². The number of hydrogen-bond acceptors (Lipinski definition) is 3. The number of carbonyl (C=O) groups excluding carboxylic acids is 2. The van der Waals surface area contributed by atoms with Gasteiger partial charge in [0.05, 0.1) is 26.5 Å². The van der Waals surface area contributed by atoms with Crippen molar-refractivity contribution in [2.24, 2.45) is 0 Å². The number of imide groups is 1. The largest absolute Gasteiger partial charge is 0.390 e. The summed E-state index contributed by atoms with van der Waals surface area (Å²) in [5.74, 6) is -0.0474.